The Labute approximate surface area is 198 Å². The fourth-order valence-electron chi connectivity index (χ4n) is 5.51. The third kappa shape index (κ3) is 4.02. The van der Waals surface area contributed by atoms with Gasteiger partial charge in [-0.2, -0.15) is 0 Å². The van der Waals surface area contributed by atoms with Crippen LogP contribution in [0.1, 0.15) is 51.2 Å². The van der Waals surface area contributed by atoms with Crippen molar-refractivity contribution in [2.24, 2.45) is 4.99 Å². The van der Waals surface area contributed by atoms with E-state index >= 15 is 0 Å². The molecule has 6 heteroatoms. The number of hydrogen-bond donors (Lipinski definition) is 0. The average molecular weight is 457 g/mol. The summed E-state index contributed by atoms with van der Waals surface area (Å²) in [6.07, 6.45) is 4.60. The summed E-state index contributed by atoms with van der Waals surface area (Å²) in [5, 5.41) is 2.14. The van der Waals surface area contributed by atoms with Gasteiger partial charge in [0.15, 0.2) is 0 Å². The molecule has 1 saturated heterocycles. The number of piperidine rings is 1. The lowest BCUT2D eigenvalue weighted by atomic mass is 9.90. The highest BCUT2D eigenvalue weighted by atomic mass is 32.1. The average Bonchev–Trinajstić information content (AvgIpc) is 3.47. The zero-order chi connectivity index (χ0) is 22.4. The number of likely N-dealkylation sites (tertiary alicyclic amines) is 1. The molecule has 0 N–H and O–H groups in total. The van der Waals surface area contributed by atoms with Gasteiger partial charge < -0.3 is 4.90 Å². The molecule has 0 radical (unpaired) electrons. The van der Waals surface area contributed by atoms with Gasteiger partial charge >= 0.3 is 0 Å². The summed E-state index contributed by atoms with van der Waals surface area (Å²) >= 11 is 1.82. The number of amides is 1. The van der Waals surface area contributed by atoms with Crippen molar-refractivity contribution >= 4 is 23.0 Å². The number of benzene rings is 1. The Hall–Kier alpha value is -2.83. The molecule has 0 saturated carbocycles. The van der Waals surface area contributed by atoms with Crippen molar-refractivity contribution in [2.45, 2.75) is 51.9 Å². The first kappa shape index (κ1) is 20.8. The minimum atomic E-state index is 0.273. The summed E-state index contributed by atoms with van der Waals surface area (Å²) in [7, 11) is 0. The number of nitrogens with zero attached hydrogens (tertiary/aromatic N) is 4. The zero-order valence-corrected chi connectivity index (χ0v) is 19.8. The van der Waals surface area contributed by atoms with Gasteiger partial charge in [0.2, 0.25) is 5.91 Å². The van der Waals surface area contributed by atoms with Crippen molar-refractivity contribution in [3.05, 3.63) is 86.4 Å². The van der Waals surface area contributed by atoms with Crippen molar-refractivity contribution in [1.29, 1.82) is 0 Å². The Balaban J connectivity index is 1.24. The van der Waals surface area contributed by atoms with Gasteiger partial charge in [-0.3, -0.25) is 19.7 Å². The molecule has 1 fully saturated rings. The molecule has 0 bridgehead atoms. The van der Waals surface area contributed by atoms with E-state index in [-0.39, 0.29) is 5.91 Å². The second kappa shape index (κ2) is 8.50. The van der Waals surface area contributed by atoms with E-state index in [0.29, 0.717) is 25.6 Å². The largest absolute Gasteiger partial charge is 0.334 e. The molecule has 168 valence electrons. The van der Waals surface area contributed by atoms with Crippen molar-refractivity contribution in [1.82, 2.24) is 14.8 Å². The van der Waals surface area contributed by atoms with Gasteiger partial charge in [-0.15, -0.1) is 11.3 Å². The van der Waals surface area contributed by atoms with Gasteiger partial charge in [0.05, 0.1) is 18.7 Å². The summed E-state index contributed by atoms with van der Waals surface area (Å²) < 4.78 is 0. The number of carbonyl (C=O) groups excluding carboxylic acids is 1. The number of fused-ring (bicyclic) bond motifs is 2. The van der Waals surface area contributed by atoms with E-state index in [1.54, 1.807) is 0 Å². The Morgan fingerprint density at radius 1 is 1.15 bits per heavy atom. The molecular formula is C27H28N4OS. The number of hydrogen-bond acceptors (Lipinski definition) is 5. The highest BCUT2D eigenvalue weighted by molar-refractivity contribution is 7.09. The molecule has 6 rings (SSSR count). The van der Waals surface area contributed by atoms with Crippen LogP contribution in [0.4, 0.5) is 0 Å². The van der Waals surface area contributed by atoms with Crippen LogP contribution in [-0.2, 0) is 30.8 Å². The number of pyridine rings is 1. The number of rotatable bonds is 4. The van der Waals surface area contributed by atoms with Crippen LogP contribution in [-0.4, -0.2) is 45.5 Å². The van der Waals surface area contributed by atoms with E-state index in [9.17, 15) is 4.79 Å². The van der Waals surface area contributed by atoms with Gasteiger partial charge in [0.1, 0.15) is 0 Å². The molecule has 3 aromatic rings. The lowest BCUT2D eigenvalue weighted by Crippen LogP contribution is -2.51. The molecule has 1 atom stereocenters. The van der Waals surface area contributed by atoms with E-state index in [2.05, 4.69) is 50.5 Å². The van der Waals surface area contributed by atoms with Crippen molar-refractivity contribution in [2.75, 3.05) is 13.1 Å². The van der Waals surface area contributed by atoms with Gasteiger partial charge in [0.25, 0.3) is 0 Å². The third-order valence-corrected chi connectivity index (χ3v) is 8.00. The first-order valence-electron chi connectivity index (χ1n) is 11.8. The van der Waals surface area contributed by atoms with Crippen LogP contribution in [0.15, 0.2) is 53.0 Å². The fraction of sp³-hybridized carbons (Fsp3) is 0.370. The van der Waals surface area contributed by atoms with E-state index in [4.69, 9.17) is 4.99 Å². The Morgan fingerprint density at radius 3 is 2.94 bits per heavy atom. The zero-order valence-electron chi connectivity index (χ0n) is 19.0. The first-order valence-corrected chi connectivity index (χ1v) is 12.7. The van der Waals surface area contributed by atoms with Crippen LogP contribution in [0.2, 0.25) is 0 Å². The standard InChI is InChI=1S/C27H28N4OS/c1-18-10-19(6-7-28-18)27-25-12-22-15-31(26(32)13-20(22)11-21(25)14-29-27)23-4-2-8-30(16-23)17-24-5-3-9-33-24/h3,5-7,9-12,23H,2,4,8,13-17H2,1H3. The molecule has 3 aliphatic rings. The summed E-state index contributed by atoms with van der Waals surface area (Å²) in [6.45, 7) is 6.49. The van der Waals surface area contributed by atoms with Crippen molar-refractivity contribution < 1.29 is 4.79 Å². The SMILES string of the molecule is Cc1cc(C2=NCc3cc4c(cc32)CN(C2CCCN(Cc3cccs3)C2)C(=O)C4)ccn1. The smallest absolute Gasteiger partial charge is 0.227 e. The Bertz CT molecular complexity index is 1230. The number of aliphatic imine (C=N–C) groups is 1. The highest BCUT2D eigenvalue weighted by Crippen LogP contribution is 2.32. The number of thiophene rings is 1. The van der Waals surface area contributed by atoms with E-state index in [1.807, 2.05) is 30.5 Å². The fourth-order valence-corrected chi connectivity index (χ4v) is 6.26. The predicted molar refractivity (Wildman–Crippen MR) is 132 cm³/mol. The molecule has 1 amide bonds. The van der Waals surface area contributed by atoms with Crippen LogP contribution in [0.5, 0.6) is 0 Å². The predicted octanol–water partition coefficient (Wildman–Crippen LogP) is 4.35. The molecule has 1 unspecified atom stereocenters. The lowest BCUT2D eigenvalue weighted by Gasteiger charge is -2.41. The van der Waals surface area contributed by atoms with Crippen LogP contribution >= 0.6 is 11.3 Å². The number of carbonyl (C=O) groups is 1. The Kier molecular flexibility index (Phi) is 5.35. The van der Waals surface area contributed by atoms with Crippen LogP contribution < -0.4 is 0 Å². The minimum absolute atomic E-state index is 0.273. The highest BCUT2D eigenvalue weighted by Gasteiger charge is 2.33. The van der Waals surface area contributed by atoms with Crippen LogP contribution in [0.25, 0.3) is 0 Å². The number of aromatic nitrogens is 1. The van der Waals surface area contributed by atoms with Crippen molar-refractivity contribution in [3.63, 3.8) is 0 Å². The molecule has 33 heavy (non-hydrogen) atoms. The van der Waals surface area contributed by atoms with Crippen LogP contribution in [0.3, 0.4) is 0 Å². The maximum atomic E-state index is 13.2. The van der Waals surface area contributed by atoms with E-state index in [1.165, 1.54) is 27.1 Å². The Morgan fingerprint density at radius 2 is 2.09 bits per heavy atom. The molecule has 5 nitrogen and oxygen atoms in total. The van der Waals surface area contributed by atoms with Crippen molar-refractivity contribution in [3.8, 4) is 0 Å². The quantitative estimate of drug-likeness (QED) is 0.586. The van der Waals surface area contributed by atoms with Gasteiger partial charge in [-0.25, -0.2) is 0 Å². The van der Waals surface area contributed by atoms with Crippen LogP contribution in [0, 0.1) is 6.92 Å². The summed E-state index contributed by atoms with van der Waals surface area (Å²) in [4.78, 5) is 28.4. The normalized spacial score (nSPS) is 20.5. The monoisotopic (exact) mass is 456 g/mol. The van der Waals surface area contributed by atoms with Gasteiger partial charge in [0, 0.05) is 53.6 Å². The molecular weight excluding hydrogens is 428 g/mol. The van der Waals surface area contributed by atoms with Gasteiger partial charge in [-0.05, 0) is 72.6 Å². The van der Waals surface area contributed by atoms with Gasteiger partial charge in [-0.1, -0.05) is 12.1 Å². The lowest BCUT2D eigenvalue weighted by molar-refractivity contribution is -0.135. The number of aryl methyl sites for hydroxylation is 1. The molecule has 1 aromatic carbocycles. The first-order chi connectivity index (χ1) is 16.1. The topological polar surface area (TPSA) is 48.8 Å². The third-order valence-electron chi connectivity index (χ3n) is 7.14. The summed E-state index contributed by atoms with van der Waals surface area (Å²) in [6, 6.07) is 13.3. The van der Waals surface area contributed by atoms with E-state index in [0.717, 1.165) is 49.4 Å². The maximum Gasteiger partial charge on any atom is 0.227 e. The van der Waals surface area contributed by atoms with E-state index < -0.39 is 0 Å². The second-order valence-electron chi connectivity index (χ2n) is 9.44. The molecule has 2 aromatic heterocycles. The molecule has 0 aliphatic carbocycles. The molecule has 0 spiro atoms. The second-order valence-corrected chi connectivity index (χ2v) is 10.5. The summed E-state index contributed by atoms with van der Waals surface area (Å²) in [5.41, 5.74) is 8.11. The molecule has 3 aliphatic heterocycles. The summed E-state index contributed by atoms with van der Waals surface area (Å²) in [5.74, 6) is 0.273. The minimum Gasteiger partial charge on any atom is -0.334 e. The maximum absolute atomic E-state index is 13.2. The molecule has 5 heterocycles.